The van der Waals surface area contributed by atoms with E-state index in [1.807, 2.05) is 23.1 Å². The summed E-state index contributed by atoms with van der Waals surface area (Å²) in [6.07, 6.45) is 4.75. The smallest absolute Gasteiger partial charge is 0.226 e. The number of hydrogen-bond donors (Lipinski definition) is 1. The Bertz CT molecular complexity index is 939. The van der Waals surface area contributed by atoms with E-state index in [1.165, 1.54) is 0 Å². The fraction of sp³-hybridized carbons (Fsp3) is 0.640. The third kappa shape index (κ3) is 4.73. The minimum absolute atomic E-state index is 0.0116. The van der Waals surface area contributed by atoms with Crippen LogP contribution in [0.3, 0.4) is 0 Å². The molecule has 3 atom stereocenters. The SMILES string of the molecule is COc1ccc(N2CCN(C(=O)[C@@H]3CCCC[C@H]3C(=O)NC3(C#N)CC3)[C@H](C)C2)c(OC)c1. The minimum atomic E-state index is -0.696. The highest BCUT2D eigenvalue weighted by atomic mass is 16.5. The molecule has 1 aromatic rings. The Labute approximate surface area is 195 Å². The maximum atomic E-state index is 13.6. The lowest BCUT2D eigenvalue weighted by atomic mass is 9.77. The number of nitriles is 1. The van der Waals surface area contributed by atoms with Crippen LogP contribution in [0.4, 0.5) is 5.69 Å². The molecule has 1 aromatic carbocycles. The number of hydrogen-bond acceptors (Lipinski definition) is 6. The summed E-state index contributed by atoms with van der Waals surface area (Å²) in [5.41, 5.74) is 0.289. The molecule has 1 heterocycles. The van der Waals surface area contributed by atoms with Crippen molar-refractivity contribution in [3.63, 3.8) is 0 Å². The largest absolute Gasteiger partial charge is 0.497 e. The van der Waals surface area contributed by atoms with Crippen molar-refractivity contribution in [3.05, 3.63) is 18.2 Å². The Morgan fingerprint density at radius 1 is 1.12 bits per heavy atom. The molecule has 3 fully saturated rings. The Kier molecular flexibility index (Phi) is 6.68. The van der Waals surface area contributed by atoms with Crippen molar-refractivity contribution < 1.29 is 19.1 Å². The van der Waals surface area contributed by atoms with Gasteiger partial charge in [0.05, 0.1) is 26.0 Å². The van der Waals surface area contributed by atoms with Crippen molar-refractivity contribution in [2.24, 2.45) is 11.8 Å². The van der Waals surface area contributed by atoms with Gasteiger partial charge in [0, 0.05) is 43.6 Å². The van der Waals surface area contributed by atoms with Gasteiger partial charge in [0.15, 0.2) is 0 Å². The van der Waals surface area contributed by atoms with Crippen LogP contribution >= 0.6 is 0 Å². The molecule has 1 N–H and O–H groups in total. The third-order valence-electron chi connectivity index (χ3n) is 7.38. The molecule has 0 bridgehead atoms. The van der Waals surface area contributed by atoms with E-state index < -0.39 is 5.54 Å². The molecule has 8 heteroatoms. The monoisotopic (exact) mass is 454 g/mol. The minimum Gasteiger partial charge on any atom is -0.497 e. The zero-order valence-electron chi connectivity index (χ0n) is 19.8. The van der Waals surface area contributed by atoms with Crippen LogP contribution in [-0.2, 0) is 9.59 Å². The summed E-state index contributed by atoms with van der Waals surface area (Å²) in [5.74, 6) is 0.786. The topological polar surface area (TPSA) is 94.9 Å². The lowest BCUT2D eigenvalue weighted by Crippen LogP contribution is -2.57. The van der Waals surface area contributed by atoms with E-state index in [1.54, 1.807) is 14.2 Å². The Balaban J connectivity index is 1.43. The molecule has 2 saturated carbocycles. The van der Waals surface area contributed by atoms with Gasteiger partial charge in [-0.2, -0.15) is 5.26 Å². The Morgan fingerprint density at radius 3 is 2.45 bits per heavy atom. The number of benzene rings is 1. The molecule has 178 valence electrons. The van der Waals surface area contributed by atoms with Gasteiger partial charge in [-0.15, -0.1) is 0 Å². The van der Waals surface area contributed by atoms with Crippen LogP contribution < -0.4 is 19.7 Å². The number of ether oxygens (including phenoxy) is 2. The number of carbonyl (C=O) groups excluding carboxylic acids is 2. The Morgan fingerprint density at radius 2 is 1.85 bits per heavy atom. The number of piperazine rings is 1. The average Bonchev–Trinajstić information content (AvgIpc) is 3.62. The number of methoxy groups -OCH3 is 2. The molecule has 0 aromatic heterocycles. The van der Waals surface area contributed by atoms with Crippen LogP contribution in [0.1, 0.15) is 45.4 Å². The predicted molar refractivity (Wildman–Crippen MR) is 124 cm³/mol. The first-order valence-electron chi connectivity index (χ1n) is 11.9. The number of amides is 2. The van der Waals surface area contributed by atoms with E-state index in [9.17, 15) is 14.9 Å². The normalized spacial score (nSPS) is 26.2. The van der Waals surface area contributed by atoms with E-state index >= 15 is 0 Å². The molecule has 3 aliphatic rings. The predicted octanol–water partition coefficient (Wildman–Crippen LogP) is 2.72. The second-order valence-corrected chi connectivity index (χ2v) is 9.55. The Hall–Kier alpha value is -2.95. The summed E-state index contributed by atoms with van der Waals surface area (Å²) in [6, 6.07) is 8.01. The molecule has 2 amide bonds. The second kappa shape index (κ2) is 9.50. The van der Waals surface area contributed by atoms with Gasteiger partial charge in [-0.25, -0.2) is 0 Å². The van der Waals surface area contributed by atoms with Crippen LogP contribution in [0.5, 0.6) is 11.5 Å². The van der Waals surface area contributed by atoms with E-state index in [0.717, 1.165) is 36.4 Å². The highest BCUT2D eigenvalue weighted by Gasteiger charge is 2.48. The van der Waals surface area contributed by atoms with Gasteiger partial charge in [0.25, 0.3) is 0 Å². The average molecular weight is 455 g/mol. The molecule has 8 nitrogen and oxygen atoms in total. The molecule has 33 heavy (non-hydrogen) atoms. The van der Waals surface area contributed by atoms with Crippen LogP contribution in [0.25, 0.3) is 0 Å². The first-order chi connectivity index (χ1) is 15.9. The summed E-state index contributed by atoms with van der Waals surface area (Å²) in [5, 5.41) is 12.3. The molecule has 1 aliphatic heterocycles. The first-order valence-corrected chi connectivity index (χ1v) is 11.9. The maximum Gasteiger partial charge on any atom is 0.226 e. The first kappa shape index (κ1) is 23.2. The molecule has 1 saturated heterocycles. The maximum absolute atomic E-state index is 13.6. The van der Waals surface area contributed by atoms with Gasteiger partial charge >= 0.3 is 0 Å². The van der Waals surface area contributed by atoms with E-state index in [2.05, 4.69) is 23.2 Å². The van der Waals surface area contributed by atoms with E-state index in [-0.39, 0.29) is 29.7 Å². The summed E-state index contributed by atoms with van der Waals surface area (Å²) in [4.78, 5) is 30.8. The number of nitrogens with one attached hydrogen (secondary N) is 1. The molecule has 2 aliphatic carbocycles. The highest BCUT2D eigenvalue weighted by molar-refractivity contribution is 5.89. The number of carbonyl (C=O) groups is 2. The van der Waals surface area contributed by atoms with Gasteiger partial charge in [-0.3, -0.25) is 9.59 Å². The lowest BCUT2D eigenvalue weighted by molar-refractivity contribution is -0.145. The second-order valence-electron chi connectivity index (χ2n) is 9.55. The molecular formula is C25H34N4O4. The fourth-order valence-electron chi connectivity index (χ4n) is 5.22. The van der Waals surface area contributed by atoms with Crippen LogP contribution in [-0.4, -0.2) is 62.1 Å². The summed E-state index contributed by atoms with van der Waals surface area (Å²) < 4.78 is 10.9. The number of anilines is 1. The number of rotatable bonds is 6. The van der Waals surface area contributed by atoms with Gasteiger partial charge in [-0.05, 0) is 44.7 Å². The van der Waals surface area contributed by atoms with E-state index in [0.29, 0.717) is 38.9 Å². The van der Waals surface area contributed by atoms with Crippen LogP contribution in [0.2, 0.25) is 0 Å². The number of nitrogens with zero attached hydrogens (tertiary/aromatic N) is 3. The van der Waals surface area contributed by atoms with Gasteiger partial charge < -0.3 is 24.6 Å². The summed E-state index contributed by atoms with van der Waals surface area (Å²) >= 11 is 0. The molecular weight excluding hydrogens is 420 g/mol. The lowest BCUT2D eigenvalue weighted by Gasteiger charge is -2.44. The van der Waals surface area contributed by atoms with Crippen molar-refractivity contribution in [3.8, 4) is 17.6 Å². The third-order valence-corrected chi connectivity index (χ3v) is 7.38. The van der Waals surface area contributed by atoms with Crippen molar-refractivity contribution in [2.45, 2.75) is 57.0 Å². The van der Waals surface area contributed by atoms with Crippen molar-refractivity contribution in [2.75, 3.05) is 38.8 Å². The summed E-state index contributed by atoms with van der Waals surface area (Å²) in [6.45, 7) is 4.05. The zero-order valence-corrected chi connectivity index (χ0v) is 19.8. The quantitative estimate of drug-likeness (QED) is 0.710. The molecule has 0 radical (unpaired) electrons. The molecule has 4 rings (SSSR count). The highest BCUT2D eigenvalue weighted by Crippen LogP contribution is 2.38. The van der Waals surface area contributed by atoms with E-state index in [4.69, 9.17) is 9.47 Å². The standard InChI is InChI=1S/C25H34N4O4/c1-17-15-28(21-9-8-18(32-2)14-22(21)33-3)12-13-29(17)24(31)20-7-5-4-6-19(20)23(30)27-25(16-26)10-11-25/h8-9,14,17,19-20H,4-7,10-13,15H2,1-3H3,(H,27,30)/t17-,19-,20-/m1/s1. The summed E-state index contributed by atoms with van der Waals surface area (Å²) in [7, 11) is 3.28. The fourth-order valence-corrected chi connectivity index (χ4v) is 5.22. The van der Waals surface area contributed by atoms with Crippen molar-refractivity contribution >= 4 is 17.5 Å². The van der Waals surface area contributed by atoms with Gasteiger partial charge in [0.1, 0.15) is 17.0 Å². The van der Waals surface area contributed by atoms with Crippen molar-refractivity contribution in [1.82, 2.24) is 10.2 Å². The molecule has 0 spiro atoms. The molecule has 0 unspecified atom stereocenters. The van der Waals surface area contributed by atoms with Crippen LogP contribution in [0.15, 0.2) is 18.2 Å². The van der Waals surface area contributed by atoms with Crippen LogP contribution in [0, 0.1) is 23.2 Å². The van der Waals surface area contributed by atoms with Gasteiger partial charge in [0.2, 0.25) is 11.8 Å². The zero-order chi connectivity index (χ0) is 23.6. The van der Waals surface area contributed by atoms with Crippen molar-refractivity contribution in [1.29, 1.82) is 5.26 Å². The van der Waals surface area contributed by atoms with Gasteiger partial charge in [-0.1, -0.05) is 12.8 Å².